The summed E-state index contributed by atoms with van der Waals surface area (Å²) in [6.45, 7) is 2.00. The van der Waals surface area contributed by atoms with Crippen LogP contribution in [0.4, 0.5) is 8.78 Å². The van der Waals surface area contributed by atoms with Crippen molar-refractivity contribution < 1.29 is 18.4 Å². The smallest absolute Gasteiger partial charge is 0.267 e. The molecule has 0 aliphatic rings. The number of alkyl halides is 2. The summed E-state index contributed by atoms with van der Waals surface area (Å²) in [7, 11) is 0. The van der Waals surface area contributed by atoms with Crippen LogP contribution in [0.3, 0.4) is 0 Å². The molecule has 126 valence electrons. The topological polar surface area (TPSA) is 71.1 Å². The summed E-state index contributed by atoms with van der Waals surface area (Å²) in [5.74, 6) is -3.92. The molecule has 0 radical (unpaired) electrons. The number of amides is 2. The van der Waals surface area contributed by atoms with Gasteiger partial charge in [0.15, 0.2) is 0 Å². The molecule has 0 bridgehead atoms. The van der Waals surface area contributed by atoms with Gasteiger partial charge in [0, 0.05) is 11.8 Å². The molecular weight excluding hydrogens is 336 g/mol. The standard InChI is InChI=1S/C16H15F2N3O2S/c1-2-10-5-7-11(8-6-10)13(22)20-21-14(23)12-4-3-9-19-15(12)24-16(17)18/h3-9,16H,2H2,1H3,(H,20,22)(H,21,23). The number of pyridine rings is 1. The minimum atomic E-state index is -2.70. The molecule has 2 rings (SSSR count). The van der Waals surface area contributed by atoms with E-state index in [-0.39, 0.29) is 22.4 Å². The summed E-state index contributed by atoms with van der Waals surface area (Å²) in [6.07, 6.45) is 2.17. The molecule has 1 aromatic carbocycles. The van der Waals surface area contributed by atoms with Crippen molar-refractivity contribution >= 4 is 23.6 Å². The molecule has 0 aliphatic carbocycles. The van der Waals surface area contributed by atoms with E-state index in [1.165, 1.54) is 18.3 Å². The summed E-state index contributed by atoms with van der Waals surface area (Å²) in [5.41, 5.74) is 5.88. The molecule has 0 unspecified atom stereocenters. The molecule has 24 heavy (non-hydrogen) atoms. The average Bonchev–Trinajstić information content (AvgIpc) is 2.59. The Bertz CT molecular complexity index is 724. The SMILES string of the molecule is CCc1ccc(C(=O)NNC(=O)c2cccnc2SC(F)F)cc1. The third-order valence-corrected chi connectivity index (χ3v) is 3.86. The van der Waals surface area contributed by atoms with Crippen molar-refractivity contribution in [1.82, 2.24) is 15.8 Å². The molecule has 2 N–H and O–H groups in total. The van der Waals surface area contributed by atoms with E-state index in [1.54, 1.807) is 12.1 Å². The van der Waals surface area contributed by atoms with Crippen LogP contribution in [0.2, 0.25) is 0 Å². The van der Waals surface area contributed by atoms with E-state index in [2.05, 4.69) is 15.8 Å². The Labute approximate surface area is 141 Å². The predicted molar refractivity (Wildman–Crippen MR) is 86.9 cm³/mol. The highest BCUT2D eigenvalue weighted by molar-refractivity contribution is 7.99. The van der Waals surface area contributed by atoms with Crippen molar-refractivity contribution in [3.05, 3.63) is 59.3 Å². The second-order valence-corrected chi connectivity index (χ2v) is 5.67. The molecule has 8 heteroatoms. The van der Waals surface area contributed by atoms with E-state index in [1.807, 2.05) is 19.1 Å². The Morgan fingerprint density at radius 3 is 2.42 bits per heavy atom. The van der Waals surface area contributed by atoms with Gasteiger partial charge in [-0.25, -0.2) is 4.98 Å². The van der Waals surface area contributed by atoms with Crippen molar-refractivity contribution in [3.63, 3.8) is 0 Å². The third-order valence-electron chi connectivity index (χ3n) is 3.13. The van der Waals surface area contributed by atoms with Crippen LogP contribution in [-0.2, 0) is 6.42 Å². The van der Waals surface area contributed by atoms with Gasteiger partial charge in [-0.2, -0.15) is 8.78 Å². The quantitative estimate of drug-likeness (QED) is 0.642. The van der Waals surface area contributed by atoms with Crippen LogP contribution < -0.4 is 10.9 Å². The molecule has 5 nitrogen and oxygen atoms in total. The minimum Gasteiger partial charge on any atom is -0.267 e. The first-order valence-corrected chi connectivity index (χ1v) is 7.98. The number of nitrogens with zero attached hydrogens (tertiary/aromatic N) is 1. The van der Waals surface area contributed by atoms with Gasteiger partial charge in [0.05, 0.1) is 5.56 Å². The van der Waals surface area contributed by atoms with E-state index < -0.39 is 17.6 Å². The van der Waals surface area contributed by atoms with E-state index in [0.29, 0.717) is 5.56 Å². The highest BCUT2D eigenvalue weighted by Gasteiger charge is 2.17. The number of nitrogens with one attached hydrogen (secondary N) is 2. The van der Waals surface area contributed by atoms with Crippen LogP contribution in [0.1, 0.15) is 33.2 Å². The van der Waals surface area contributed by atoms with Gasteiger partial charge in [-0.3, -0.25) is 20.4 Å². The monoisotopic (exact) mass is 351 g/mol. The molecule has 0 saturated heterocycles. The van der Waals surface area contributed by atoms with Gasteiger partial charge in [-0.1, -0.05) is 19.1 Å². The number of hydrazine groups is 1. The number of aromatic nitrogens is 1. The molecule has 0 atom stereocenters. The molecule has 0 saturated carbocycles. The molecule has 1 aromatic heterocycles. The fourth-order valence-corrected chi connectivity index (χ4v) is 2.46. The fraction of sp³-hybridized carbons (Fsp3) is 0.188. The van der Waals surface area contributed by atoms with Crippen molar-refractivity contribution in [2.24, 2.45) is 0 Å². The van der Waals surface area contributed by atoms with Crippen molar-refractivity contribution in [2.45, 2.75) is 24.1 Å². The molecule has 2 aromatic rings. The lowest BCUT2D eigenvalue weighted by Crippen LogP contribution is -2.41. The molecule has 0 aliphatic heterocycles. The zero-order valence-electron chi connectivity index (χ0n) is 12.8. The Kier molecular flexibility index (Phi) is 6.25. The normalized spacial score (nSPS) is 10.5. The lowest BCUT2D eigenvalue weighted by Gasteiger charge is -2.10. The van der Waals surface area contributed by atoms with Gasteiger partial charge >= 0.3 is 0 Å². The van der Waals surface area contributed by atoms with E-state index in [4.69, 9.17) is 0 Å². The van der Waals surface area contributed by atoms with Crippen LogP contribution in [0, 0.1) is 0 Å². The fourth-order valence-electron chi connectivity index (χ4n) is 1.89. The number of hydrogen-bond acceptors (Lipinski definition) is 4. The number of thioether (sulfide) groups is 1. The van der Waals surface area contributed by atoms with Crippen molar-refractivity contribution in [1.29, 1.82) is 0 Å². The van der Waals surface area contributed by atoms with Crippen LogP contribution in [0.5, 0.6) is 0 Å². The molecular formula is C16H15F2N3O2S. The average molecular weight is 351 g/mol. The number of rotatable bonds is 5. The zero-order chi connectivity index (χ0) is 17.5. The van der Waals surface area contributed by atoms with Gasteiger partial charge in [-0.05, 0) is 48.0 Å². The lowest BCUT2D eigenvalue weighted by atomic mass is 10.1. The van der Waals surface area contributed by atoms with Crippen LogP contribution in [0.25, 0.3) is 0 Å². The third kappa shape index (κ3) is 4.76. The number of carbonyl (C=O) groups excluding carboxylic acids is 2. The van der Waals surface area contributed by atoms with E-state index in [0.717, 1.165) is 12.0 Å². The van der Waals surface area contributed by atoms with Gasteiger partial charge in [0.1, 0.15) is 5.03 Å². The minimum absolute atomic E-state index is 0.0376. The predicted octanol–water partition coefficient (Wildman–Crippen LogP) is 3.03. The van der Waals surface area contributed by atoms with E-state index >= 15 is 0 Å². The van der Waals surface area contributed by atoms with Gasteiger partial charge in [-0.15, -0.1) is 0 Å². The van der Waals surface area contributed by atoms with Crippen LogP contribution in [-0.4, -0.2) is 22.6 Å². The van der Waals surface area contributed by atoms with Crippen LogP contribution in [0.15, 0.2) is 47.6 Å². The Balaban J connectivity index is 2.01. The number of benzene rings is 1. The summed E-state index contributed by atoms with van der Waals surface area (Å²) in [6, 6.07) is 9.72. The molecule has 1 heterocycles. The largest absolute Gasteiger partial charge is 0.290 e. The maximum atomic E-state index is 12.5. The highest BCUT2D eigenvalue weighted by Crippen LogP contribution is 2.26. The summed E-state index contributed by atoms with van der Waals surface area (Å²) < 4.78 is 25.0. The van der Waals surface area contributed by atoms with Crippen molar-refractivity contribution in [2.75, 3.05) is 0 Å². The number of aryl methyl sites for hydroxylation is 1. The number of halogens is 2. The first kappa shape index (κ1) is 17.9. The van der Waals surface area contributed by atoms with Gasteiger partial charge in [0.2, 0.25) is 0 Å². The molecule has 0 fully saturated rings. The number of carbonyl (C=O) groups is 2. The summed E-state index contributed by atoms with van der Waals surface area (Å²) >= 11 is 0.170. The van der Waals surface area contributed by atoms with Gasteiger partial charge < -0.3 is 0 Å². The molecule has 0 spiro atoms. The second-order valence-electron chi connectivity index (χ2n) is 4.69. The van der Waals surface area contributed by atoms with E-state index in [9.17, 15) is 18.4 Å². The summed E-state index contributed by atoms with van der Waals surface area (Å²) in [5, 5.41) is -0.105. The maximum absolute atomic E-state index is 12.5. The first-order valence-electron chi connectivity index (χ1n) is 7.10. The Morgan fingerprint density at radius 1 is 1.12 bits per heavy atom. The second kappa shape index (κ2) is 8.39. The van der Waals surface area contributed by atoms with Gasteiger partial charge in [0.25, 0.3) is 17.6 Å². The molecule has 2 amide bonds. The van der Waals surface area contributed by atoms with Crippen LogP contribution >= 0.6 is 11.8 Å². The first-order chi connectivity index (χ1) is 11.5. The Morgan fingerprint density at radius 2 is 1.79 bits per heavy atom. The zero-order valence-corrected chi connectivity index (χ0v) is 13.6. The van der Waals surface area contributed by atoms with Crippen molar-refractivity contribution in [3.8, 4) is 0 Å². The highest BCUT2D eigenvalue weighted by atomic mass is 32.2. The number of hydrogen-bond donors (Lipinski definition) is 2. The lowest BCUT2D eigenvalue weighted by molar-refractivity contribution is 0.0844. The maximum Gasteiger partial charge on any atom is 0.290 e. The Hall–Kier alpha value is -2.48. The summed E-state index contributed by atoms with van der Waals surface area (Å²) in [4.78, 5) is 27.8.